The van der Waals surface area contributed by atoms with E-state index >= 15 is 0 Å². The first-order valence-electron chi connectivity index (χ1n) is 13.8. The lowest BCUT2D eigenvalue weighted by Crippen LogP contribution is -2.14. The predicted molar refractivity (Wildman–Crippen MR) is 167 cm³/mol. The molecule has 0 aliphatic heterocycles. The Balaban J connectivity index is 1.64. The van der Waals surface area contributed by atoms with Gasteiger partial charge in [0.2, 0.25) is 5.90 Å². The minimum atomic E-state index is -0.538. The number of carbonyl (C=O) groups is 2. The molecule has 1 aliphatic rings. The lowest BCUT2D eigenvalue weighted by atomic mass is 9.90. The van der Waals surface area contributed by atoms with Gasteiger partial charge in [-0.05, 0) is 104 Å². The smallest absolute Gasteiger partial charge is 0.338 e. The summed E-state index contributed by atoms with van der Waals surface area (Å²) >= 11 is 0. The summed E-state index contributed by atoms with van der Waals surface area (Å²) in [5.74, 6) is -0.0195. The minimum absolute atomic E-state index is 0.0691. The molecule has 0 fully saturated rings. The third kappa shape index (κ3) is 6.95. The molecule has 0 radical (unpaired) electrons. The third-order valence-electron chi connectivity index (χ3n) is 7.26. The molecule has 1 aliphatic carbocycles. The standard InChI is InChI=1S/C36H37NO5/c1-20(2)34(37)41-30-16-29(17-31(18-30)42-36(39)22(5)6)33-12-23(7)32(11-24(33)8)27-10-9-26-13-25(14-28(26)15-27)19-40-35(38)21(3)4/h9-12,15-18,25,37H,1,3,5,13-14,19H2,2,4,6-8H3. The van der Waals surface area contributed by atoms with Crippen molar-refractivity contribution >= 4 is 17.8 Å². The zero-order valence-corrected chi connectivity index (χ0v) is 25.0. The van der Waals surface area contributed by atoms with E-state index in [-0.39, 0.29) is 23.4 Å². The second-order valence-corrected chi connectivity index (χ2v) is 11.2. The van der Waals surface area contributed by atoms with Crippen molar-refractivity contribution in [2.24, 2.45) is 5.92 Å². The molecule has 4 rings (SSSR count). The SMILES string of the molecule is C=C(C)C(=N)Oc1cc(OC(=O)C(=C)C)cc(-c2cc(C)c(-c3ccc4c(c3)CC(COC(=O)C(=C)C)C4)cc2C)c1. The van der Waals surface area contributed by atoms with Crippen LogP contribution < -0.4 is 9.47 Å². The number of aryl methyl sites for hydroxylation is 2. The number of benzene rings is 3. The number of fused-ring (bicyclic) bond motifs is 1. The van der Waals surface area contributed by atoms with Crippen molar-refractivity contribution in [3.05, 3.63) is 107 Å². The summed E-state index contributed by atoms with van der Waals surface area (Å²) in [6, 6.07) is 16.0. The van der Waals surface area contributed by atoms with Gasteiger partial charge >= 0.3 is 11.9 Å². The molecule has 0 heterocycles. The van der Waals surface area contributed by atoms with Gasteiger partial charge in [-0.3, -0.25) is 5.41 Å². The molecule has 0 saturated carbocycles. The van der Waals surface area contributed by atoms with Crippen LogP contribution in [0.3, 0.4) is 0 Å². The quantitative estimate of drug-likeness (QED) is 0.0941. The zero-order chi connectivity index (χ0) is 30.7. The number of nitrogens with one attached hydrogen (secondary N) is 1. The van der Waals surface area contributed by atoms with Crippen molar-refractivity contribution in [2.45, 2.75) is 47.5 Å². The van der Waals surface area contributed by atoms with E-state index in [1.807, 2.05) is 13.0 Å². The van der Waals surface area contributed by atoms with Gasteiger partial charge in [-0.15, -0.1) is 0 Å². The van der Waals surface area contributed by atoms with Crippen LogP contribution in [0.1, 0.15) is 43.0 Å². The van der Waals surface area contributed by atoms with Crippen LogP contribution in [0.25, 0.3) is 22.3 Å². The molecule has 216 valence electrons. The van der Waals surface area contributed by atoms with Crippen molar-refractivity contribution in [1.82, 2.24) is 0 Å². The largest absolute Gasteiger partial charge is 0.462 e. The molecule has 42 heavy (non-hydrogen) atoms. The van der Waals surface area contributed by atoms with E-state index in [4.69, 9.17) is 19.6 Å². The second kappa shape index (κ2) is 12.4. The fraction of sp³-hybridized carbons (Fsp3) is 0.250. The highest BCUT2D eigenvalue weighted by molar-refractivity contribution is 5.92. The van der Waals surface area contributed by atoms with Crippen LogP contribution in [-0.2, 0) is 27.2 Å². The molecule has 3 aromatic rings. The number of ether oxygens (including phenoxy) is 3. The van der Waals surface area contributed by atoms with E-state index in [1.54, 1.807) is 32.9 Å². The average Bonchev–Trinajstić information content (AvgIpc) is 3.34. The third-order valence-corrected chi connectivity index (χ3v) is 7.26. The Morgan fingerprint density at radius 2 is 1.31 bits per heavy atom. The summed E-state index contributed by atoms with van der Waals surface area (Å²) < 4.78 is 16.7. The summed E-state index contributed by atoms with van der Waals surface area (Å²) in [6.45, 7) is 20.5. The van der Waals surface area contributed by atoms with E-state index in [0.29, 0.717) is 29.3 Å². The van der Waals surface area contributed by atoms with Crippen LogP contribution in [0, 0.1) is 25.2 Å². The van der Waals surface area contributed by atoms with E-state index in [1.165, 1.54) is 11.1 Å². The fourth-order valence-corrected chi connectivity index (χ4v) is 4.99. The van der Waals surface area contributed by atoms with Crippen LogP contribution in [0.4, 0.5) is 0 Å². The molecule has 0 bridgehead atoms. The van der Waals surface area contributed by atoms with Crippen LogP contribution in [0.2, 0.25) is 0 Å². The lowest BCUT2D eigenvalue weighted by molar-refractivity contribution is -0.140. The van der Waals surface area contributed by atoms with Gasteiger partial charge in [-0.25, -0.2) is 9.59 Å². The number of rotatable bonds is 9. The summed E-state index contributed by atoms with van der Waals surface area (Å²) in [7, 11) is 0. The average molecular weight is 564 g/mol. The minimum Gasteiger partial charge on any atom is -0.462 e. The van der Waals surface area contributed by atoms with Crippen molar-refractivity contribution in [2.75, 3.05) is 6.61 Å². The maximum atomic E-state index is 12.3. The van der Waals surface area contributed by atoms with Crippen molar-refractivity contribution < 1.29 is 23.8 Å². The molecule has 1 atom stereocenters. The lowest BCUT2D eigenvalue weighted by Gasteiger charge is -2.16. The monoisotopic (exact) mass is 563 g/mol. The van der Waals surface area contributed by atoms with E-state index < -0.39 is 5.97 Å². The van der Waals surface area contributed by atoms with Crippen molar-refractivity contribution in [3.8, 4) is 33.8 Å². The van der Waals surface area contributed by atoms with E-state index in [9.17, 15) is 9.59 Å². The van der Waals surface area contributed by atoms with Crippen LogP contribution in [0.5, 0.6) is 11.5 Å². The Hall–Kier alpha value is -4.71. The first kappa shape index (κ1) is 30.3. The van der Waals surface area contributed by atoms with E-state index in [2.05, 4.69) is 57.0 Å². The van der Waals surface area contributed by atoms with Crippen LogP contribution in [0.15, 0.2) is 85.0 Å². The highest BCUT2D eigenvalue weighted by Gasteiger charge is 2.24. The normalized spacial score (nSPS) is 13.6. The van der Waals surface area contributed by atoms with Gasteiger partial charge < -0.3 is 14.2 Å². The first-order chi connectivity index (χ1) is 19.8. The van der Waals surface area contributed by atoms with Crippen molar-refractivity contribution in [1.29, 1.82) is 5.41 Å². The zero-order valence-electron chi connectivity index (χ0n) is 25.0. The Kier molecular flexibility index (Phi) is 8.96. The number of hydrogen-bond donors (Lipinski definition) is 1. The molecule has 0 saturated heterocycles. The number of hydrogen-bond acceptors (Lipinski definition) is 6. The van der Waals surface area contributed by atoms with Gasteiger partial charge in [0.25, 0.3) is 0 Å². The maximum Gasteiger partial charge on any atom is 0.338 e. The predicted octanol–water partition coefficient (Wildman–Crippen LogP) is 7.89. The molecule has 0 aromatic heterocycles. The number of esters is 2. The number of carbonyl (C=O) groups excluding carboxylic acids is 2. The van der Waals surface area contributed by atoms with Crippen molar-refractivity contribution in [3.63, 3.8) is 0 Å². The maximum absolute atomic E-state index is 12.3. The first-order valence-corrected chi connectivity index (χ1v) is 13.8. The topological polar surface area (TPSA) is 85.7 Å². The summed E-state index contributed by atoms with van der Waals surface area (Å²) in [4.78, 5) is 24.1. The van der Waals surface area contributed by atoms with Crippen LogP contribution in [-0.4, -0.2) is 24.4 Å². The molecule has 0 spiro atoms. The Labute approximate surface area is 247 Å². The second-order valence-electron chi connectivity index (χ2n) is 11.2. The van der Waals surface area contributed by atoms with Gasteiger partial charge in [-0.2, -0.15) is 0 Å². The van der Waals surface area contributed by atoms with Gasteiger partial charge in [0, 0.05) is 28.7 Å². The molecule has 0 amide bonds. The molecule has 6 heteroatoms. The van der Waals surface area contributed by atoms with Gasteiger partial charge in [0.15, 0.2) is 0 Å². The molecule has 3 aromatic carbocycles. The van der Waals surface area contributed by atoms with Crippen LogP contribution >= 0.6 is 0 Å². The Morgan fingerprint density at radius 1 is 0.738 bits per heavy atom. The van der Waals surface area contributed by atoms with Gasteiger partial charge in [0.1, 0.15) is 11.5 Å². The highest BCUT2D eigenvalue weighted by atomic mass is 16.5. The summed E-state index contributed by atoms with van der Waals surface area (Å²) in [6.07, 6.45) is 1.75. The van der Waals surface area contributed by atoms with Gasteiger partial charge in [-0.1, -0.05) is 50.1 Å². The highest BCUT2D eigenvalue weighted by Crippen LogP contribution is 2.38. The Morgan fingerprint density at radius 3 is 1.90 bits per heavy atom. The summed E-state index contributed by atoms with van der Waals surface area (Å²) in [5.41, 5.74) is 9.85. The molecule has 6 nitrogen and oxygen atoms in total. The molecule has 1 unspecified atom stereocenters. The summed E-state index contributed by atoms with van der Waals surface area (Å²) in [5, 5.41) is 8.09. The fourth-order valence-electron chi connectivity index (χ4n) is 4.99. The molecule has 1 N–H and O–H groups in total. The molecular formula is C36H37NO5. The van der Waals surface area contributed by atoms with Gasteiger partial charge in [0.05, 0.1) is 6.61 Å². The van der Waals surface area contributed by atoms with E-state index in [0.717, 1.165) is 46.2 Å². The molecular weight excluding hydrogens is 526 g/mol. The Bertz CT molecular complexity index is 1600.